The Morgan fingerprint density at radius 2 is 1.90 bits per heavy atom. The quantitative estimate of drug-likeness (QED) is 0.403. The number of benzene rings is 1. The van der Waals surface area contributed by atoms with Gasteiger partial charge in [-0.15, -0.1) is 0 Å². The van der Waals surface area contributed by atoms with E-state index in [9.17, 15) is 19.5 Å². The summed E-state index contributed by atoms with van der Waals surface area (Å²) in [6.07, 6.45) is 2.43. The number of alkyl carbamates (subject to hydrolysis) is 1. The molecule has 0 bridgehead atoms. The number of aromatic nitrogens is 2. The van der Waals surface area contributed by atoms with Crippen molar-refractivity contribution in [3.05, 3.63) is 63.7 Å². The Labute approximate surface area is 224 Å². The molecule has 3 aromatic rings. The molecule has 4 N–H and O–H groups in total. The molecule has 1 saturated carbocycles. The highest BCUT2D eigenvalue weighted by Gasteiger charge is 2.37. The fraction of sp³-hybridized carbons (Fsp3) is 0.429. The molecule has 1 aliphatic heterocycles. The largest absolute Gasteiger partial charge is 0.477 e. The number of aromatic carboxylic acids is 1. The van der Waals surface area contributed by atoms with Gasteiger partial charge in [-0.3, -0.25) is 4.79 Å². The first-order valence-electron chi connectivity index (χ1n) is 13.0. The van der Waals surface area contributed by atoms with Crippen molar-refractivity contribution in [3.63, 3.8) is 0 Å². The predicted octanol–water partition coefficient (Wildman–Crippen LogP) is 3.90. The maximum Gasteiger partial charge on any atom is 0.407 e. The lowest BCUT2D eigenvalue weighted by atomic mass is 9.89. The summed E-state index contributed by atoms with van der Waals surface area (Å²) < 4.78 is 22.6. The van der Waals surface area contributed by atoms with Crippen LogP contribution in [0.15, 0.2) is 41.3 Å². The van der Waals surface area contributed by atoms with E-state index in [1.54, 1.807) is 37.5 Å². The van der Waals surface area contributed by atoms with Crippen LogP contribution in [-0.2, 0) is 4.74 Å². The van der Waals surface area contributed by atoms with E-state index in [4.69, 9.17) is 10.5 Å². The summed E-state index contributed by atoms with van der Waals surface area (Å²) in [6, 6.07) is 8.57. The number of nitrogens with zero attached hydrogens (tertiary/aromatic N) is 3. The van der Waals surface area contributed by atoms with Gasteiger partial charge in [-0.2, -0.15) is 0 Å². The highest BCUT2D eigenvalue weighted by Crippen LogP contribution is 2.39. The summed E-state index contributed by atoms with van der Waals surface area (Å²) in [5.74, 6) is -2.15. The van der Waals surface area contributed by atoms with E-state index in [-0.39, 0.29) is 34.7 Å². The molecule has 1 saturated heterocycles. The third kappa shape index (κ3) is 5.52. The topological polar surface area (TPSA) is 140 Å². The number of anilines is 2. The molecule has 3 heterocycles. The van der Waals surface area contributed by atoms with Gasteiger partial charge in [0.05, 0.1) is 5.39 Å². The van der Waals surface area contributed by atoms with Crippen molar-refractivity contribution in [2.24, 2.45) is 5.92 Å². The molecule has 2 fully saturated rings. The zero-order chi connectivity index (χ0) is 28.1. The SMILES string of the molecule is CC(C)(C)OC(=O)NC[C@@H]1CN(c2nc3c(cc2F)c(=O)c(C(=O)O)cn3C2CC2)C[C@H]1c1ccc(N)cc1. The van der Waals surface area contributed by atoms with Gasteiger partial charge in [0.1, 0.15) is 16.8 Å². The lowest BCUT2D eigenvalue weighted by Crippen LogP contribution is -2.37. The van der Waals surface area contributed by atoms with Crippen LogP contribution in [-0.4, -0.2) is 52.0 Å². The average Bonchev–Trinajstić information content (AvgIpc) is 3.61. The van der Waals surface area contributed by atoms with Crippen molar-refractivity contribution in [2.45, 2.75) is 51.2 Å². The van der Waals surface area contributed by atoms with E-state index in [1.165, 1.54) is 6.20 Å². The van der Waals surface area contributed by atoms with Crippen LogP contribution in [0.4, 0.5) is 20.7 Å². The predicted molar refractivity (Wildman–Crippen MR) is 145 cm³/mol. The van der Waals surface area contributed by atoms with Crippen molar-refractivity contribution in [1.82, 2.24) is 14.9 Å². The van der Waals surface area contributed by atoms with Crippen LogP contribution < -0.4 is 21.4 Å². The van der Waals surface area contributed by atoms with Gasteiger partial charge in [0.2, 0.25) is 5.43 Å². The first-order chi connectivity index (χ1) is 18.4. The molecule has 39 heavy (non-hydrogen) atoms. The number of hydrogen-bond donors (Lipinski definition) is 3. The van der Waals surface area contributed by atoms with Crippen molar-refractivity contribution in [1.29, 1.82) is 0 Å². The van der Waals surface area contributed by atoms with E-state index >= 15 is 4.39 Å². The molecule has 0 unspecified atom stereocenters. The molecule has 5 rings (SSSR count). The Morgan fingerprint density at radius 3 is 2.51 bits per heavy atom. The molecule has 2 atom stereocenters. The van der Waals surface area contributed by atoms with Crippen LogP contribution in [0, 0.1) is 11.7 Å². The second-order valence-corrected chi connectivity index (χ2v) is 11.3. The van der Waals surface area contributed by atoms with Gasteiger partial charge in [0.25, 0.3) is 0 Å². The molecule has 1 amide bonds. The molecular formula is C28H32FN5O5. The molecule has 10 nitrogen and oxygen atoms in total. The highest BCUT2D eigenvalue weighted by molar-refractivity contribution is 5.92. The number of amides is 1. The molecule has 11 heteroatoms. The number of halogens is 1. The summed E-state index contributed by atoms with van der Waals surface area (Å²) in [4.78, 5) is 43.2. The molecule has 2 aliphatic rings. The number of rotatable bonds is 6. The highest BCUT2D eigenvalue weighted by atomic mass is 19.1. The van der Waals surface area contributed by atoms with Crippen molar-refractivity contribution < 1.29 is 23.8 Å². The van der Waals surface area contributed by atoms with Gasteiger partial charge in [0.15, 0.2) is 11.6 Å². The number of hydrogen-bond acceptors (Lipinski definition) is 7. The molecule has 1 aromatic carbocycles. The van der Waals surface area contributed by atoms with Gasteiger partial charge < -0.3 is 30.4 Å². The molecule has 1 aliphatic carbocycles. The fourth-order valence-corrected chi connectivity index (χ4v) is 5.14. The summed E-state index contributed by atoms with van der Waals surface area (Å²) in [7, 11) is 0. The zero-order valence-electron chi connectivity index (χ0n) is 22.1. The number of nitrogens with two attached hydrogens (primary N) is 1. The smallest absolute Gasteiger partial charge is 0.407 e. The van der Waals surface area contributed by atoms with Crippen molar-refractivity contribution in [2.75, 3.05) is 30.3 Å². The van der Waals surface area contributed by atoms with E-state index in [2.05, 4.69) is 10.3 Å². The molecule has 206 valence electrons. The number of carboxylic acids is 1. The number of carboxylic acid groups (broad SMARTS) is 1. The summed E-state index contributed by atoms with van der Waals surface area (Å²) in [6.45, 7) is 6.47. The Hall–Kier alpha value is -4.15. The van der Waals surface area contributed by atoms with Gasteiger partial charge >= 0.3 is 12.1 Å². The Morgan fingerprint density at radius 1 is 1.21 bits per heavy atom. The number of pyridine rings is 2. The lowest BCUT2D eigenvalue weighted by Gasteiger charge is -2.22. The summed E-state index contributed by atoms with van der Waals surface area (Å²) >= 11 is 0. The van der Waals surface area contributed by atoms with Crippen molar-refractivity contribution in [3.8, 4) is 0 Å². The number of nitrogen functional groups attached to an aromatic ring is 1. The van der Waals surface area contributed by atoms with Crippen LogP contribution in [0.2, 0.25) is 0 Å². The average molecular weight is 538 g/mol. The van der Waals surface area contributed by atoms with Crippen LogP contribution in [0.1, 0.15) is 61.5 Å². The maximum atomic E-state index is 15.5. The van der Waals surface area contributed by atoms with Gasteiger partial charge in [-0.25, -0.2) is 19.0 Å². The number of nitrogens with one attached hydrogen (secondary N) is 1. The maximum absolute atomic E-state index is 15.5. The fourth-order valence-electron chi connectivity index (χ4n) is 5.14. The third-order valence-corrected chi connectivity index (χ3v) is 7.12. The molecule has 0 spiro atoms. The zero-order valence-corrected chi connectivity index (χ0v) is 22.1. The minimum Gasteiger partial charge on any atom is -0.477 e. The van der Waals surface area contributed by atoms with Gasteiger partial charge in [-0.05, 0) is 57.4 Å². The van der Waals surface area contributed by atoms with E-state index in [1.807, 2.05) is 17.0 Å². The van der Waals surface area contributed by atoms with E-state index < -0.39 is 34.5 Å². The minimum atomic E-state index is -1.35. The minimum absolute atomic E-state index is 0.0175. The standard InChI is InChI=1S/C28H32FN5O5/c1-28(2,3)39-27(38)31-11-16-12-33(13-20(16)15-4-6-17(30)7-5-15)25-22(29)10-19-23(35)21(26(36)37)14-34(18-8-9-18)24(19)32-25/h4-7,10,14,16,18,20H,8-9,11-13,30H2,1-3H3,(H,31,38)(H,36,37)/t16-,20+/m1/s1. The summed E-state index contributed by atoms with van der Waals surface area (Å²) in [5.41, 5.74) is 5.97. The molecule has 0 radical (unpaired) electrons. The third-order valence-electron chi connectivity index (χ3n) is 7.12. The van der Waals surface area contributed by atoms with Gasteiger partial charge in [-0.1, -0.05) is 12.1 Å². The number of carbonyl (C=O) groups is 2. The van der Waals surface area contributed by atoms with E-state index in [0.29, 0.717) is 25.3 Å². The Kier molecular flexibility index (Phi) is 6.69. The molecular weight excluding hydrogens is 505 g/mol. The van der Waals surface area contributed by atoms with Crippen molar-refractivity contribution >= 4 is 34.6 Å². The van der Waals surface area contributed by atoms with E-state index in [0.717, 1.165) is 24.5 Å². The number of carbonyl (C=O) groups excluding carboxylic acids is 1. The first-order valence-corrected chi connectivity index (χ1v) is 13.0. The molecule has 2 aromatic heterocycles. The lowest BCUT2D eigenvalue weighted by molar-refractivity contribution is 0.0519. The second kappa shape index (κ2) is 9.87. The monoisotopic (exact) mass is 537 g/mol. The Bertz CT molecular complexity index is 1490. The second-order valence-electron chi connectivity index (χ2n) is 11.3. The van der Waals surface area contributed by atoms with Crippen LogP contribution in [0.5, 0.6) is 0 Å². The van der Waals surface area contributed by atoms with Crippen LogP contribution in [0.25, 0.3) is 11.0 Å². The van der Waals surface area contributed by atoms with Crippen LogP contribution >= 0.6 is 0 Å². The first kappa shape index (κ1) is 26.5. The summed E-state index contributed by atoms with van der Waals surface area (Å²) in [5, 5.41) is 12.3. The normalized spacial score (nSPS) is 19.3. The van der Waals surface area contributed by atoms with Crippen LogP contribution in [0.3, 0.4) is 0 Å². The Balaban J connectivity index is 1.50. The van der Waals surface area contributed by atoms with Gasteiger partial charge in [0, 0.05) is 49.4 Å². The number of ether oxygens (including phenoxy) is 1. The number of fused-ring (bicyclic) bond motifs is 1.